The molecular weight excluding hydrogens is 562 g/mol. The normalized spacial score (nSPS) is 13.9. The number of thiocarbonyl (C=S) groups is 1. The van der Waals surface area contributed by atoms with Crippen molar-refractivity contribution in [3.63, 3.8) is 0 Å². The van der Waals surface area contributed by atoms with Crippen LogP contribution in [0.5, 0.6) is 5.75 Å². The Morgan fingerprint density at radius 3 is 2.44 bits per heavy atom. The molecule has 0 bridgehead atoms. The number of benzene rings is 1. The van der Waals surface area contributed by atoms with Crippen LogP contribution in [0.2, 0.25) is 5.02 Å². The monoisotopic (exact) mass is 595 g/mol. The summed E-state index contributed by atoms with van der Waals surface area (Å²) in [6.07, 6.45) is 2.38. The van der Waals surface area contributed by atoms with E-state index in [1.54, 1.807) is 36.1 Å². The molecular formula is C30H34ClN5O4S. The van der Waals surface area contributed by atoms with Gasteiger partial charge in [0.05, 0.1) is 16.3 Å². The van der Waals surface area contributed by atoms with Crippen molar-refractivity contribution in [3.8, 4) is 5.75 Å². The number of likely N-dealkylation sites (tertiary alicyclic amines) is 1. The van der Waals surface area contributed by atoms with E-state index < -0.39 is 11.5 Å². The fraction of sp³-hybridized carbons (Fsp3) is 0.367. The lowest BCUT2D eigenvalue weighted by atomic mass is 10.1. The molecule has 0 radical (unpaired) electrons. The second-order valence-corrected chi connectivity index (χ2v) is 11.7. The summed E-state index contributed by atoms with van der Waals surface area (Å²) in [7, 11) is 0. The maximum atomic E-state index is 13.1. The third kappa shape index (κ3) is 8.37. The number of hydrogen-bond acceptors (Lipinski definition) is 7. The Morgan fingerprint density at radius 2 is 1.78 bits per heavy atom. The minimum Gasteiger partial charge on any atom is -0.490 e. The highest BCUT2D eigenvalue weighted by atomic mass is 35.5. The average molecular weight is 596 g/mol. The molecule has 0 spiro atoms. The Labute approximate surface area is 250 Å². The van der Waals surface area contributed by atoms with Crippen LogP contribution in [0, 0.1) is 13.8 Å². The molecule has 1 aromatic carbocycles. The lowest BCUT2D eigenvalue weighted by molar-refractivity contribution is 0.0126. The van der Waals surface area contributed by atoms with Crippen LogP contribution >= 0.6 is 23.8 Å². The number of pyridine rings is 2. The van der Waals surface area contributed by atoms with Gasteiger partial charge in [0.15, 0.2) is 5.69 Å². The first kappa shape index (κ1) is 30.2. The molecule has 1 aliphatic heterocycles. The highest BCUT2D eigenvalue weighted by molar-refractivity contribution is 7.81. The molecule has 3 aromatic rings. The maximum absolute atomic E-state index is 13.1. The maximum Gasteiger partial charge on any atom is 0.410 e. The fourth-order valence-electron chi connectivity index (χ4n) is 4.22. The van der Waals surface area contributed by atoms with E-state index in [-0.39, 0.29) is 17.9 Å². The number of aryl methyl sites for hydroxylation is 2. The zero-order valence-electron chi connectivity index (χ0n) is 23.8. The predicted octanol–water partition coefficient (Wildman–Crippen LogP) is 6.57. The van der Waals surface area contributed by atoms with Gasteiger partial charge in [-0.2, -0.15) is 0 Å². The van der Waals surface area contributed by atoms with Gasteiger partial charge in [0, 0.05) is 37.8 Å². The van der Waals surface area contributed by atoms with Crippen molar-refractivity contribution in [2.75, 3.05) is 23.7 Å². The van der Waals surface area contributed by atoms with E-state index >= 15 is 0 Å². The van der Waals surface area contributed by atoms with Crippen LogP contribution in [0.3, 0.4) is 0 Å². The Morgan fingerprint density at radius 1 is 1.05 bits per heavy atom. The molecule has 0 atom stereocenters. The first-order valence-corrected chi connectivity index (χ1v) is 14.1. The number of ether oxygens (including phenoxy) is 2. The minimum atomic E-state index is -0.538. The summed E-state index contributed by atoms with van der Waals surface area (Å²) in [6.45, 7) is 10.4. The van der Waals surface area contributed by atoms with Crippen molar-refractivity contribution in [2.45, 2.75) is 59.2 Å². The van der Waals surface area contributed by atoms with Crippen LogP contribution in [0.4, 0.5) is 16.3 Å². The lowest BCUT2D eigenvalue weighted by Crippen LogP contribution is -2.44. The summed E-state index contributed by atoms with van der Waals surface area (Å²) >= 11 is 11.7. The smallest absolute Gasteiger partial charge is 0.410 e. The number of nitrogens with zero attached hydrogens (tertiary/aromatic N) is 3. The van der Waals surface area contributed by atoms with Gasteiger partial charge in [-0.05, 0) is 76.6 Å². The Balaban J connectivity index is 1.47. The highest BCUT2D eigenvalue weighted by Gasteiger charge is 2.28. The number of nitrogens with one attached hydrogen (secondary N) is 2. The number of amides is 2. The van der Waals surface area contributed by atoms with E-state index in [2.05, 4.69) is 20.6 Å². The van der Waals surface area contributed by atoms with Gasteiger partial charge in [-0.25, -0.2) is 14.8 Å². The lowest BCUT2D eigenvalue weighted by Gasteiger charge is -2.33. The molecule has 2 N–H and O–H groups in total. The SMILES string of the molecule is Cc1ccc(C(=S)Nc2ccc(C)nc2C(=O)Nc2ccc(Cl)cn2)c(OC2CCN(C(=O)OC(C)(C)C)CC2)c1. The number of anilines is 2. The first-order chi connectivity index (χ1) is 19.4. The quantitative estimate of drug-likeness (QED) is 0.308. The molecule has 11 heteroatoms. The third-order valence-electron chi connectivity index (χ3n) is 6.24. The molecule has 1 aliphatic rings. The standard InChI is InChI=1S/C30H34ClN5O4S/c1-18-6-9-22(24(16-18)39-21-12-14-36(15-13-21)29(38)40-30(3,4)5)28(41)34-23-10-7-19(2)33-26(23)27(37)35-25-11-8-20(31)17-32-25/h6-11,16-17,21H,12-15H2,1-5H3,(H,34,41)(H,32,35,37). The molecule has 2 aromatic heterocycles. The number of carbonyl (C=O) groups is 2. The van der Waals surface area contributed by atoms with Gasteiger partial charge in [-0.3, -0.25) is 4.79 Å². The van der Waals surface area contributed by atoms with Crippen molar-refractivity contribution >= 4 is 52.3 Å². The van der Waals surface area contributed by atoms with Crippen LogP contribution in [-0.4, -0.2) is 56.7 Å². The van der Waals surface area contributed by atoms with Gasteiger partial charge in [0.2, 0.25) is 0 Å². The van der Waals surface area contributed by atoms with Crippen LogP contribution in [0.15, 0.2) is 48.7 Å². The van der Waals surface area contributed by atoms with Crippen LogP contribution in [-0.2, 0) is 4.74 Å². The largest absolute Gasteiger partial charge is 0.490 e. The zero-order chi connectivity index (χ0) is 29.7. The number of carbonyl (C=O) groups excluding carboxylic acids is 2. The van der Waals surface area contributed by atoms with Crippen molar-refractivity contribution in [1.82, 2.24) is 14.9 Å². The molecule has 1 saturated heterocycles. The van der Waals surface area contributed by atoms with Crippen molar-refractivity contribution in [2.24, 2.45) is 0 Å². The Kier molecular flexibility index (Phi) is 9.45. The van der Waals surface area contributed by atoms with E-state index in [9.17, 15) is 9.59 Å². The molecule has 41 heavy (non-hydrogen) atoms. The van der Waals surface area contributed by atoms with Gasteiger partial charge in [-0.1, -0.05) is 29.9 Å². The van der Waals surface area contributed by atoms with Crippen molar-refractivity contribution in [1.29, 1.82) is 0 Å². The molecule has 1 fully saturated rings. The fourth-order valence-corrected chi connectivity index (χ4v) is 4.61. The van der Waals surface area contributed by atoms with Gasteiger partial charge in [0.25, 0.3) is 5.91 Å². The molecule has 0 aliphatic carbocycles. The van der Waals surface area contributed by atoms with Gasteiger partial charge >= 0.3 is 6.09 Å². The summed E-state index contributed by atoms with van der Waals surface area (Å²) < 4.78 is 11.9. The van der Waals surface area contributed by atoms with Gasteiger partial charge in [-0.15, -0.1) is 0 Å². The van der Waals surface area contributed by atoms with Gasteiger partial charge < -0.3 is 25.0 Å². The molecule has 4 rings (SSSR count). The number of hydrogen-bond donors (Lipinski definition) is 2. The second kappa shape index (κ2) is 12.8. The van der Waals surface area contributed by atoms with Crippen LogP contribution in [0.1, 0.15) is 60.9 Å². The average Bonchev–Trinajstić information content (AvgIpc) is 2.90. The number of halogens is 1. The molecule has 0 saturated carbocycles. The van der Waals surface area contributed by atoms with E-state index in [1.165, 1.54) is 6.20 Å². The molecule has 216 valence electrons. The van der Waals surface area contributed by atoms with Crippen LogP contribution in [0.25, 0.3) is 0 Å². The van der Waals surface area contributed by atoms with E-state index in [0.29, 0.717) is 64.5 Å². The number of aromatic nitrogens is 2. The first-order valence-electron chi connectivity index (χ1n) is 13.3. The molecule has 2 amide bonds. The molecule has 0 unspecified atom stereocenters. The molecule has 3 heterocycles. The number of piperidine rings is 1. The summed E-state index contributed by atoms with van der Waals surface area (Å²) in [6, 6.07) is 12.6. The summed E-state index contributed by atoms with van der Waals surface area (Å²) in [5, 5.41) is 6.40. The predicted molar refractivity (Wildman–Crippen MR) is 164 cm³/mol. The Hall–Kier alpha value is -3.76. The van der Waals surface area contributed by atoms with Crippen molar-refractivity contribution in [3.05, 3.63) is 76.2 Å². The van der Waals surface area contributed by atoms with E-state index in [1.807, 2.05) is 45.9 Å². The third-order valence-corrected chi connectivity index (χ3v) is 6.78. The highest BCUT2D eigenvalue weighted by Crippen LogP contribution is 2.27. The van der Waals surface area contributed by atoms with Gasteiger partial charge in [0.1, 0.15) is 28.3 Å². The van der Waals surface area contributed by atoms with Crippen molar-refractivity contribution < 1.29 is 19.1 Å². The summed E-state index contributed by atoms with van der Waals surface area (Å²) in [4.78, 5) is 36.2. The van der Waals surface area contributed by atoms with Crippen LogP contribution < -0.4 is 15.4 Å². The summed E-state index contributed by atoms with van der Waals surface area (Å²) in [5.41, 5.74) is 2.46. The molecule has 9 nitrogen and oxygen atoms in total. The number of rotatable bonds is 6. The van der Waals surface area contributed by atoms with E-state index in [4.69, 9.17) is 33.3 Å². The van der Waals surface area contributed by atoms with E-state index in [0.717, 1.165) is 5.56 Å². The zero-order valence-corrected chi connectivity index (χ0v) is 25.4. The Bertz CT molecular complexity index is 1430. The minimum absolute atomic E-state index is 0.0914. The second-order valence-electron chi connectivity index (χ2n) is 10.9. The summed E-state index contributed by atoms with van der Waals surface area (Å²) in [5.74, 6) is 0.545. The topological polar surface area (TPSA) is 106 Å².